The number of primary amides is 1. The number of nitrogens with zero attached hydrogens (tertiary/aromatic N) is 2. The predicted octanol–water partition coefficient (Wildman–Crippen LogP) is 0.898. The minimum absolute atomic E-state index is 0. The van der Waals surface area contributed by atoms with Crippen molar-refractivity contribution in [1.82, 2.24) is 15.4 Å². The van der Waals surface area contributed by atoms with E-state index in [4.69, 9.17) is 10.9 Å². The predicted molar refractivity (Wildman–Crippen MR) is 75.8 cm³/mol. The zero-order valence-electron chi connectivity index (χ0n) is 11.6. The van der Waals surface area contributed by atoms with E-state index in [9.17, 15) is 9.59 Å². The maximum Gasteiger partial charge on any atom is 0.243 e. The van der Waals surface area contributed by atoms with E-state index in [0.29, 0.717) is 0 Å². The fourth-order valence-corrected chi connectivity index (χ4v) is 1.32. The summed E-state index contributed by atoms with van der Waals surface area (Å²) in [6, 6.07) is 11.6. The van der Waals surface area contributed by atoms with Crippen LogP contribution < -0.4 is 11.2 Å². The molecule has 0 radical (unpaired) electrons. The Morgan fingerprint density at radius 3 is 1.82 bits per heavy atom. The van der Waals surface area contributed by atoms with Gasteiger partial charge in [0.25, 0.3) is 0 Å². The first-order chi connectivity index (χ1) is 10.1. The fraction of sp³-hybridized carbons (Fsp3) is 0.143. The van der Waals surface area contributed by atoms with Crippen molar-refractivity contribution in [2.75, 3.05) is 0 Å². The molecule has 0 unspecified atom stereocenters. The number of nitrogens with two attached hydrogens (primary N) is 1. The summed E-state index contributed by atoms with van der Waals surface area (Å²) in [5.41, 5.74) is 7.90. The van der Waals surface area contributed by atoms with Gasteiger partial charge in [-0.05, 0) is 24.3 Å². The molecule has 7 nitrogen and oxygen atoms in total. The minimum atomic E-state index is -0.603. The van der Waals surface area contributed by atoms with E-state index < -0.39 is 11.8 Å². The van der Waals surface area contributed by atoms with Gasteiger partial charge in [-0.3, -0.25) is 24.8 Å². The van der Waals surface area contributed by atoms with Crippen molar-refractivity contribution in [2.45, 2.75) is 12.8 Å². The molecule has 0 aliphatic rings. The van der Waals surface area contributed by atoms with Gasteiger partial charge in [-0.25, -0.2) is 5.48 Å². The zero-order chi connectivity index (χ0) is 15.5. The summed E-state index contributed by atoms with van der Waals surface area (Å²) in [5.74, 6) is -1.16. The average Bonchev–Trinajstić information content (AvgIpc) is 2.55. The molecule has 22 heavy (non-hydrogen) atoms. The molecule has 0 aliphatic heterocycles. The maximum absolute atomic E-state index is 10.1. The first-order valence-corrected chi connectivity index (χ1v) is 6.17. The van der Waals surface area contributed by atoms with Gasteiger partial charge in [-0.15, -0.1) is 0 Å². The molecule has 0 aromatic carbocycles. The van der Waals surface area contributed by atoms with Crippen molar-refractivity contribution in [3.63, 3.8) is 0 Å². The number of pyridine rings is 2. The molecule has 0 saturated heterocycles. The molecule has 2 aromatic rings. The number of carbonyl (C=O) groups is 2. The summed E-state index contributed by atoms with van der Waals surface area (Å²) in [6.07, 6.45) is 3.44. The molecule has 0 fully saturated rings. The molecular formula is C14H16N4O3Ru. The van der Waals surface area contributed by atoms with Crippen LogP contribution in [0.4, 0.5) is 0 Å². The summed E-state index contributed by atoms with van der Waals surface area (Å²) < 4.78 is 0. The summed E-state index contributed by atoms with van der Waals surface area (Å²) in [4.78, 5) is 28.5. The third kappa shape index (κ3) is 8.19. The van der Waals surface area contributed by atoms with Crippen LogP contribution in [0.25, 0.3) is 11.4 Å². The van der Waals surface area contributed by atoms with Crippen molar-refractivity contribution in [3.8, 4) is 11.4 Å². The molecule has 2 rings (SSSR count). The number of aromatic nitrogens is 2. The van der Waals surface area contributed by atoms with E-state index in [2.05, 4.69) is 9.97 Å². The number of rotatable bonds is 4. The zero-order valence-corrected chi connectivity index (χ0v) is 13.4. The largest absolute Gasteiger partial charge is 0.370 e. The average molecular weight is 389 g/mol. The van der Waals surface area contributed by atoms with Crippen molar-refractivity contribution >= 4 is 11.8 Å². The van der Waals surface area contributed by atoms with Gasteiger partial charge in [0.05, 0.1) is 11.4 Å². The number of nitrogens with one attached hydrogen (secondary N) is 1. The van der Waals surface area contributed by atoms with Crippen LogP contribution in [0, 0.1) is 0 Å². The summed E-state index contributed by atoms with van der Waals surface area (Å²) in [7, 11) is 0. The van der Waals surface area contributed by atoms with Gasteiger partial charge in [-0.1, -0.05) is 12.1 Å². The molecule has 8 heteroatoms. The quantitative estimate of drug-likeness (QED) is 0.408. The Hall–Kier alpha value is -2.18. The van der Waals surface area contributed by atoms with Crippen molar-refractivity contribution in [1.29, 1.82) is 0 Å². The van der Waals surface area contributed by atoms with Crippen LogP contribution in [0.5, 0.6) is 0 Å². The Morgan fingerprint density at radius 1 is 1.00 bits per heavy atom. The first kappa shape index (κ1) is 19.8. The van der Waals surface area contributed by atoms with Crippen LogP contribution in [-0.2, 0) is 29.1 Å². The fourth-order valence-electron chi connectivity index (χ4n) is 1.32. The second kappa shape index (κ2) is 11.5. The first-order valence-electron chi connectivity index (χ1n) is 6.17. The van der Waals surface area contributed by atoms with E-state index in [0.717, 1.165) is 11.4 Å². The maximum atomic E-state index is 10.1. The number of hydrogen-bond donors (Lipinski definition) is 3. The minimum Gasteiger partial charge on any atom is -0.370 e. The third-order valence-corrected chi connectivity index (χ3v) is 2.32. The van der Waals surface area contributed by atoms with Crippen LogP contribution in [0.1, 0.15) is 12.8 Å². The van der Waals surface area contributed by atoms with Gasteiger partial charge < -0.3 is 5.73 Å². The number of amides is 2. The third-order valence-electron chi connectivity index (χ3n) is 2.32. The normalized spacial score (nSPS) is 8.77. The van der Waals surface area contributed by atoms with Crippen molar-refractivity contribution in [3.05, 3.63) is 48.8 Å². The molecule has 118 valence electrons. The van der Waals surface area contributed by atoms with Crippen LogP contribution in [0.2, 0.25) is 0 Å². The second-order valence-electron chi connectivity index (χ2n) is 3.93. The Labute approximate surface area is 140 Å². The van der Waals surface area contributed by atoms with E-state index in [1.807, 2.05) is 36.4 Å². The number of hydroxylamine groups is 1. The van der Waals surface area contributed by atoms with Crippen molar-refractivity contribution < 1.29 is 34.3 Å². The molecular weight excluding hydrogens is 373 g/mol. The van der Waals surface area contributed by atoms with Crippen LogP contribution in [0.15, 0.2) is 48.8 Å². The molecule has 0 saturated carbocycles. The molecule has 0 aliphatic carbocycles. The van der Waals surface area contributed by atoms with Gasteiger partial charge in [0, 0.05) is 44.7 Å². The Morgan fingerprint density at radius 2 is 1.50 bits per heavy atom. The Kier molecular flexibility index (Phi) is 10.3. The molecule has 4 N–H and O–H groups in total. The Balaban J connectivity index is 0.000000402. The van der Waals surface area contributed by atoms with Gasteiger partial charge >= 0.3 is 0 Å². The number of hydrogen-bond acceptors (Lipinski definition) is 5. The van der Waals surface area contributed by atoms with Crippen LogP contribution >= 0.6 is 0 Å². The standard InChI is InChI=1S/C10H8N2.C4H8N2O3.Ru/c1-3-7-11-9(5-1)10-6-2-4-8-12-10;5-3(7)1-2-4(8)6-9;/h1-8H;9H,1-2H2,(H2,5,7)(H,6,8);. The molecule has 0 spiro atoms. The molecule has 2 aromatic heterocycles. The topological polar surface area (TPSA) is 118 Å². The summed E-state index contributed by atoms with van der Waals surface area (Å²) in [6.45, 7) is 0. The summed E-state index contributed by atoms with van der Waals surface area (Å²) in [5, 5.41) is 7.90. The second-order valence-corrected chi connectivity index (χ2v) is 3.93. The van der Waals surface area contributed by atoms with Crippen LogP contribution in [-0.4, -0.2) is 27.0 Å². The van der Waals surface area contributed by atoms with E-state index in [1.54, 1.807) is 12.4 Å². The molecule has 2 heterocycles. The van der Waals surface area contributed by atoms with Gasteiger partial charge in [0.2, 0.25) is 11.8 Å². The SMILES string of the molecule is NC(=O)CCC(=O)NO.[Ru].c1ccc(-c2ccccn2)nc1. The van der Waals surface area contributed by atoms with E-state index >= 15 is 0 Å². The van der Waals surface area contributed by atoms with Gasteiger partial charge in [0.15, 0.2) is 0 Å². The molecule has 0 bridgehead atoms. The molecule has 0 atom stereocenters. The van der Waals surface area contributed by atoms with Crippen LogP contribution in [0.3, 0.4) is 0 Å². The Bertz CT molecular complexity index is 529. The van der Waals surface area contributed by atoms with Gasteiger partial charge in [0.1, 0.15) is 0 Å². The monoisotopic (exact) mass is 390 g/mol. The van der Waals surface area contributed by atoms with Gasteiger partial charge in [-0.2, -0.15) is 0 Å². The molecule has 2 amide bonds. The summed E-state index contributed by atoms with van der Waals surface area (Å²) >= 11 is 0. The number of carbonyl (C=O) groups excluding carboxylic acids is 2. The van der Waals surface area contributed by atoms with E-state index in [1.165, 1.54) is 5.48 Å². The van der Waals surface area contributed by atoms with E-state index in [-0.39, 0.29) is 32.3 Å². The smallest absolute Gasteiger partial charge is 0.243 e. The van der Waals surface area contributed by atoms with Crippen molar-refractivity contribution in [2.24, 2.45) is 5.73 Å².